The van der Waals surface area contributed by atoms with Crippen molar-refractivity contribution >= 4 is 11.9 Å². The molecule has 3 N–H and O–H groups in total. The molecule has 0 fully saturated rings. The molecule has 0 aliphatic carbocycles. The predicted molar refractivity (Wildman–Crippen MR) is 70.3 cm³/mol. The van der Waals surface area contributed by atoms with Crippen LogP contribution >= 0.6 is 0 Å². The molecule has 0 radical (unpaired) electrons. The highest BCUT2D eigenvalue weighted by atomic mass is 16.6. The van der Waals surface area contributed by atoms with Crippen LogP contribution in [0.4, 0.5) is 0 Å². The van der Waals surface area contributed by atoms with Crippen LogP contribution in [0.3, 0.4) is 0 Å². The Morgan fingerprint density at radius 2 is 1.79 bits per heavy atom. The van der Waals surface area contributed by atoms with Crippen molar-refractivity contribution in [3.8, 4) is 5.75 Å². The van der Waals surface area contributed by atoms with Gasteiger partial charge in [-0.25, -0.2) is 0 Å². The van der Waals surface area contributed by atoms with Crippen molar-refractivity contribution in [3.63, 3.8) is 0 Å². The molecule has 1 atom stereocenters. The number of carbonyl (C=O) groups is 2. The molecule has 0 aliphatic heterocycles. The van der Waals surface area contributed by atoms with Crippen molar-refractivity contribution < 1.29 is 19.4 Å². The van der Waals surface area contributed by atoms with E-state index in [2.05, 4.69) is 0 Å². The zero-order valence-electron chi connectivity index (χ0n) is 11.3. The second kappa shape index (κ2) is 5.73. The number of hydrogen-bond acceptors (Lipinski definition) is 4. The first-order valence-corrected chi connectivity index (χ1v) is 5.99. The van der Waals surface area contributed by atoms with E-state index in [4.69, 9.17) is 10.5 Å². The van der Waals surface area contributed by atoms with Crippen LogP contribution in [-0.4, -0.2) is 22.6 Å². The minimum absolute atomic E-state index is 0.122. The number of ether oxygens (including phenoxy) is 1. The van der Waals surface area contributed by atoms with Gasteiger partial charge in [-0.1, -0.05) is 12.1 Å². The highest BCUT2D eigenvalue weighted by molar-refractivity contribution is 5.97. The molecule has 0 bridgehead atoms. The summed E-state index contributed by atoms with van der Waals surface area (Å²) in [5, 5.41) is 9.18. The number of phenolic OH excluding ortho intramolecular Hbond substituents is 1. The van der Waals surface area contributed by atoms with Crippen LogP contribution in [0.25, 0.3) is 0 Å². The van der Waals surface area contributed by atoms with Crippen molar-refractivity contribution in [2.75, 3.05) is 0 Å². The van der Waals surface area contributed by atoms with E-state index in [1.807, 2.05) is 0 Å². The summed E-state index contributed by atoms with van der Waals surface area (Å²) in [5.41, 5.74) is 5.31. The van der Waals surface area contributed by atoms with E-state index in [0.29, 0.717) is 0 Å². The van der Waals surface area contributed by atoms with Gasteiger partial charge in [-0.05, 0) is 44.9 Å². The van der Waals surface area contributed by atoms with Crippen molar-refractivity contribution in [1.29, 1.82) is 0 Å². The van der Waals surface area contributed by atoms with Gasteiger partial charge in [0.25, 0.3) is 0 Å². The SMILES string of the molecule is CC(C)(C)OC(=O)[C@@H](Cc1ccc(O)cc1)C(N)=O. The summed E-state index contributed by atoms with van der Waals surface area (Å²) < 4.78 is 5.17. The Morgan fingerprint density at radius 3 is 2.21 bits per heavy atom. The molecule has 0 spiro atoms. The number of nitrogens with two attached hydrogens (primary N) is 1. The predicted octanol–water partition coefficient (Wildman–Crippen LogP) is 1.38. The average molecular weight is 265 g/mol. The topological polar surface area (TPSA) is 89.6 Å². The van der Waals surface area contributed by atoms with Gasteiger partial charge in [0.2, 0.25) is 5.91 Å². The summed E-state index contributed by atoms with van der Waals surface area (Å²) in [4.78, 5) is 23.3. The van der Waals surface area contributed by atoms with Crippen molar-refractivity contribution in [1.82, 2.24) is 0 Å². The second-order valence-electron chi connectivity index (χ2n) is 5.36. The number of amides is 1. The van der Waals surface area contributed by atoms with E-state index in [-0.39, 0.29) is 12.2 Å². The molecule has 0 saturated carbocycles. The van der Waals surface area contributed by atoms with Crippen molar-refractivity contribution in [2.24, 2.45) is 11.7 Å². The molecule has 1 rings (SSSR count). The highest BCUT2D eigenvalue weighted by Crippen LogP contribution is 2.17. The number of hydrogen-bond donors (Lipinski definition) is 2. The molecular weight excluding hydrogens is 246 g/mol. The molecule has 5 nitrogen and oxygen atoms in total. The van der Waals surface area contributed by atoms with E-state index >= 15 is 0 Å². The fourth-order valence-electron chi connectivity index (χ4n) is 1.54. The number of rotatable bonds is 4. The second-order valence-corrected chi connectivity index (χ2v) is 5.36. The third-order valence-corrected chi connectivity index (χ3v) is 2.41. The maximum atomic E-state index is 11.9. The molecule has 104 valence electrons. The lowest BCUT2D eigenvalue weighted by atomic mass is 9.98. The number of benzene rings is 1. The first kappa shape index (κ1) is 15.0. The zero-order chi connectivity index (χ0) is 14.6. The Morgan fingerprint density at radius 1 is 1.26 bits per heavy atom. The van der Waals surface area contributed by atoms with Crippen molar-refractivity contribution in [2.45, 2.75) is 32.8 Å². The molecule has 5 heteroatoms. The van der Waals surface area contributed by atoms with E-state index in [0.717, 1.165) is 5.56 Å². The van der Waals surface area contributed by atoms with Crippen LogP contribution in [0.15, 0.2) is 24.3 Å². The van der Waals surface area contributed by atoms with Gasteiger partial charge in [0.05, 0.1) is 0 Å². The summed E-state index contributed by atoms with van der Waals surface area (Å²) in [6, 6.07) is 6.25. The Balaban J connectivity index is 2.81. The Bertz CT molecular complexity index is 459. The molecule has 1 aromatic rings. The maximum Gasteiger partial charge on any atom is 0.319 e. The average Bonchev–Trinajstić information content (AvgIpc) is 2.25. The van der Waals surface area contributed by atoms with Crippen LogP contribution in [0.2, 0.25) is 0 Å². The summed E-state index contributed by atoms with van der Waals surface area (Å²) >= 11 is 0. The lowest BCUT2D eigenvalue weighted by Crippen LogP contribution is -2.37. The van der Waals surface area contributed by atoms with Crippen LogP contribution in [0.1, 0.15) is 26.3 Å². The van der Waals surface area contributed by atoms with Crippen LogP contribution in [0, 0.1) is 5.92 Å². The minimum Gasteiger partial charge on any atom is -0.508 e. The molecule has 0 aliphatic rings. The van der Waals surface area contributed by atoms with Gasteiger partial charge < -0.3 is 15.6 Å². The standard InChI is InChI=1S/C14H19NO4/c1-14(2,3)19-13(18)11(12(15)17)8-9-4-6-10(16)7-5-9/h4-7,11,16H,8H2,1-3H3,(H2,15,17)/t11-/m0/s1. The number of carbonyl (C=O) groups excluding carboxylic acids is 2. The number of primary amides is 1. The zero-order valence-corrected chi connectivity index (χ0v) is 11.3. The minimum atomic E-state index is -1.02. The lowest BCUT2D eigenvalue weighted by molar-refractivity contribution is -0.161. The molecule has 19 heavy (non-hydrogen) atoms. The van der Waals surface area contributed by atoms with Gasteiger partial charge in [0, 0.05) is 0 Å². The Labute approximate surface area is 112 Å². The first-order chi connectivity index (χ1) is 8.69. The molecule has 0 aromatic heterocycles. The highest BCUT2D eigenvalue weighted by Gasteiger charge is 2.29. The normalized spacial score (nSPS) is 12.8. The van der Waals surface area contributed by atoms with E-state index in [9.17, 15) is 14.7 Å². The van der Waals surface area contributed by atoms with E-state index in [1.54, 1.807) is 32.9 Å². The van der Waals surface area contributed by atoms with Crippen LogP contribution in [0.5, 0.6) is 5.75 Å². The first-order valence-electron chi connectivity index (χ1n) is 5.99. The molecular formula is C14H19NO4. The molecule has 1 amide bonds. The monoisotopic (exact) mass is 265 g/mol. The third kappa shape index (κ3) is 4.99. The van der Waals surface area contributed by atoms with Gasteiger partial charge in [-0.2, -0.15) is 0 Å². The molecule has 0 unspecified atom stereocenters. The van der Waals surface area contributed by atoms with Gasteiger partial charge >= 0.3 is 5.97 Å². The third-order valence-electron chi connectivity index (χ3n) is 2.41. The summed E-state index contributed by atoms with van der Waals surface area (Å²) in [5.74, 6) is -2.25. The quantitative estimate of drug-likeness (QED) is 0.635. The Hall–Kier alpha value is -2.04. The summed E-state index contributed by atoms with van der Waals surface area (Å²) in [7, 11) is 0. The maximum absolute atomic E-state index is 11.9. The van der Waals surface area contributed by atoms with Crippen LogP contribution < -0.4 is 5.73 Å². The Kier molecular flexibility index (Phi) is 4.53. The van der Waals surface area contributed by atoms with Gasteiger partial charge in [-0.15, -0.1) is 0 Å². The molecule has 1 aromatic carbocycles. The molecule has 0 saturated heterocycles. The van der Waals surface area contributed by atoms with Gasteiger partial charge in [-0.3, -0.25) is 9.59 Å². The number of esters is 1. The van der Waals surface area contributed by atoms with E-state index in [1.165, 1.54) is 12.1 Å². The summed E-state index contributed by atoms with van der Waals surface area (Å²) in [6.07, 6.45) is 0.157. The van der Waals surface area contributed by atoms with E-state index < -0.39 is 23.4 Å². The smallest absolute Gasteiger partial charge is 0.319 e. The fraction of sp³-hybridized carbons (Fsp3) is 0.429. The van der Waals surface area contributed by atoms with Crippen LogP contribution in [-0.2, 0) is 20.7 Å². The number of aromatic hydroxyl groups is 1. The molecule has 0 heterocycles. The largest absolute Gasteiger partial charge is 0.508 e. The fourth-order valence-corrected chi connectivity index (χ4v) is 1.54. The van der Waals surface area contributed by atoms with Gasteiger partial charge in [0.1, 0.15) is 17.3 Å². The summed E-state index contributed by atoms with van der Waals surface area (Å²) in [6.45, 7) is 5.18. The lowest BCUT2D eigenvalue weighted by Gasteiger charge is -2.22. The van der Waals surface area contributed by atoms with Gasteiger partial charge in [0.15, 0.2) is 0 Å². The van der Waals surface area contributed by atoms with Crippen molar-refractivity contribution in [3.05, 3.63) is 29.8 Å². The number of phenols is 1.